The summed E-state index contributed by atoms with van der Waals surface area (Å²) in [7, 11) is 0. The van der Waals surface area contributed by atoms with Gasteiger partial charge in [-0.3, -0.25) is 0 Å². The second-order valence-electron chi connectivity index (χ2n) is 13.0. The van der Waals surface area contributed by atoms with Crippen LogP contribution in [0.4, 0.5) is 17.1 Å². The number of benzene rings is 5. The number of fused-ring (bicyclic) bond motifs is 3. The highest BCUT2D eigenvalue weighted by atomic mass is 15.1. The summed E-state index contributed by atoms with van der Waals surface area (Å²) in [5.74, 6) is 3.51. The van der Waals surface area contributed by atoms with Gasteiger partial charge in [0.05, 0.1) is 0 Å². The Bertz CT molecular complexity index is 1720. The van der Waals surface area contributed by atoms with Gasteiger partial charge < -0.3 is 4.90 Å². The van der Waals surface area contributed by atoms with Gasteiger partial charge >= 0.3 is 0 Å². The van der Waals surface area contributed by atoms with Crippen molar-refractivity contribution in [2.24, 2.45) is 23.7 Å². The Balaban J connectivity index is 1.22. The van der Waals surface area contributed by atoms with E-state index in [2.05, 4.69) is 132 Å². The van der Waals surface area contributed by atoms with Crippen molar-refractivity contribution in [2.75, 3.05) is 4.90 Å². The number of hydrogen-bond acceptors (Lipinski definition) is 1. The smallest absolute Gasteiger partial charge is 0.0468 e. The molecule has 10 rings (SSSR count). The lowest BCUT2D eigenvalue weighted by Crippen LogP contribution is -2.55. The first-order valence-corrected chi connectivity index (χ1v) is 15.5. The maximum atomic E-state index is 2.53. The molecule has 5 aromatic carbocycles. The summed E-state index contributed by atoms with van der Waals surface area (Å²) in [6.07, 6.45) is 7.18. The van der Waals surface area contributed by atoms with Crippen LogP contribution in [-0.2, 0) is 5.41 Å². The second kappa shape index (κ2) is 8.95. The SMILES string of the molecule is c1ccc(-c2cccc(N(c3ccccc3)c3ccc4c(c3)-c3ccccc3C43C4CC5CC(C4)CC3C5)c2)cc1. The van der Waals surface area contributed by atoms with Gasteiger partial charge in [-0.15, -0.1) is 0 Å². The number of anilines is 3. The van der Waals surface area contributed by atoms with Crippen molar-refractivity contribution in [1.82, 2.24) is 0 Å². The van der Waals surface area contributed by atoms with E-state index in [9.17, 15) is 0 Å². The number of nitrogens with zero attached hydrogens (tertiary/aromatic N) is 1. The van der Waals surface area contributed by atoms with Gasteiger partial charge in [0.15, 0.2) is 0 Å². The van der Waals surface area contributed by atoms with Gasteiger partial charge in [-0.2, -0.15) is 0 Å². The van der Waals surface area contributed by atoms with E-state index in [4.69, 9.17) is 0 Å². The molecule has 200 valence electrons. The predicted octanol–water partition coefficient (Wildman–Crippen LogP) is 10.5. The van der Waals surface area contributed by atoms with Gasteiger partial charge in [-0.05, 0) is 126 Å². The number of para-hydroxylation sites is 1. The molecule has 5 aromatic rings. The molecule has 0 radical (unpaired) electrons. The second-order valence-corrected chi connectivity index (χ2v) is 13.0. The monoisotopic (exact) mass is 529 g/mol. The first-order valence-electron chi connectivity index (χ1n) is 15.5. The molecule has 1 heteroatoms. The molecule has 1 spiro atoms. The van der Waals surface area contributed by atoms with Crippen molar-refractivity contribution in [3.8, 4) is 22.3 Å². The highest BCUT2D eigenvalue weighted by Crippen LogP contribution is 2.69. The van der Waals surface area contributed by atoms with Crippen LogP contribution in [0.3, 0.4) is 0 Å². The highest BCUT2D eigenvalue weighted by Gasteiger charge is 2.61. The first-order chi connectivity index (χ1) is 20.3. The molecule has 4 saturated carbocycles. The lowest BCUT2D eigenvalue weighted by Gasteiger charge is -2.61. The summed E-state index contributed by atoms with van der Waals surface area (Å²) < 4.78 is 0. The molecule has 1 nitrogen and oxygen atoms in total. The molecule has 5 aliphatic rings. The van der Waals surface area contributed by atoms with Crippen LogP contribution in [0.1, 0.15) is 43.2 Å². The van der Waals surface area contributed by atoms with Gasteiger partial charge in [-0.25, -0.2) is 0 Å². The average Bonchev–Trinajstić information content (AvgIpc) is 3.31. The van der Waals surface area contributed by atoms with E-state index in [-0.39, 0.29) is 5.41 Å². The molecular weight excluding hydrogens is 494 g/mol. The Morgan fingerprint density at radius 2 is 1.02 bits per heavy atom. The van der Waals surface area contributed by atoms with Crippen LogP contribution in [0.5, 0.6) is 0 Å². The Hall–Kier alpha value is -4.10. The summed E-state index contributed by atoms with van der Waals surface area (Å²) in [4.78, 5) is 2.44. The van der Waals surface area contributed by atoms with Crippen molar-refractivity contribution >= 4 is 17.1 Å². The van der Waals surface area contributed by atoms with Gasteiger partial charge in [0.2, 0.25) is 0 Å². The first kappa shape index (κ1) is 23.6. The normalized spacial score (nSPS) is 26.6. The third-order valence-corrected chi connectivity index (χ3v) is 11.0. The summed E-state index contributed by atoms with van der Waals surface area (Å²) in [5.41, 5.74) is 12.5. The average molecular weight is 530 g/mol. The summed E-state index contributed by atoms with van der Waals surface area (Å²) in [5, 5.41) is 0. The highest BCUT2D eigenvalue weighted by molar-refractivity contribution is 5.88. The van der Waals surface area contributed by atoms with Crippen molar-refractivity contribution in [1.29, 1.82) is 0 Å². The third-order valence-electron chi connectivity index (χ3n) is 11.0. The van der Waals surface area contributed by atoms with Crippen LogP contribution in [0.15, 0.2) is 127 Å². The van der Waals surface area contributed by atoms with E-state index < -0.39 is 0 Å². The molecule has 0 saturated heterocycles. The van der Waals surface area contributed by atoms with Crippen LogP contribution in [-0.4, -0.2) is 0 Å². The fourth-order valence-corrected chi connectivity index (χ4v) is 9.77. The van der Waals surface area contributed by atoms with Crippen LogP contribution >= 0.6 is 0 Å². The molecule has 4 bridgehead atoms. The maximum absolute atomic E-state index is 2.53. The van der Waals surface area contributed by atoms with Crippen molar-refractivity contribution in [3.05, 3.63) is 139 Å². The fourth-order valence-electron chi connectivity index (χ4n) is 9.77. The van der Waals surface area contributed by atoms with E-state index in [1.165, 1.54) is 71.4 Å². The zero-order valence-electron chi connectivity index (χ0n) is 23.4. The van der Waals surface area contributed by atoms with Gasteiger partial charge in [0.25, 0.3) is 0 Å². The summed E-state index contributed by atoms with van der Waals surface area (Å²) in [6.45, 7) is 0. The zero-order chi connectivity index (χ0) is 27.0. The van der Waals surface area contributed by atoms with Crippen molar-refractivity contribution in [2.45, 2.75) is 37.5 Å². The van der Waals surface area contributed by atoms with E-state index in [0.29, 0.717) is 0 Å². The Labute approximate surface area is 243 Å². The number of hydrogen-bond donors (Lipinski definition) is 0. The molecule has 0 amide bonds. The third kappa shape index (κ3) is 3.42. The van der Waals surface area contributed by atoms with Crippen molar-refractivity contribution < 1.29 is 0 Å². The van der Waals surface area contributed by atoms with Crippen LogP contribution in [0.2, 0.25) is 0 Å². The van der Waals surface area contributed by atoms with E-state index in [0.717, 1.165) is 23.7 Å². The Morgan fingerprint density at radius 1 is 0.439 bits per heavy atom. The molecule has 0 atom stereocenters. The number of rotatable bonds is 4. The van der Waals surface area contributed by atoms with E-state index >= 15 is 0 Å². The van der Waals surface area contributed by atoms with Crippen LogP contribution in [0, 0.1) is 23.7 Å². The maximum Gasteiger partial charge on any atom is 0.0468 e. The summed E-state index contributed by atoms with van der Waals surface area (Å²) in [6, 6.07) is 47.5. The fraction of sp³-hybridized carbons (Fsp3) is 0.250. The molecule has 0 heterocycles. The minimum atomic E-state index is 0.211. The lowest BCUT2D eigenvalue weighted by atomic mass is 9.43. The molecule has 0 aromatic heterocycles. The van der Waals surface area contributed by atoms with E-state index in [1.807, 2.05) is 0 Å². The Kier molecular flexibility index (Phi) is 5.15. The standard InChI is InChI=1S/C40H35N/c1-3-10-29(11-4-1)30-12-9-15-34(25-30)41(33-13-5-2-6-14-33)35-18-19-39-37(26-35)36-16-7-8-17-38(36)40(39)31-21-27-20-28(23-31)24-32(40)22-27/h1-19,25-28,31-32H,20-24H2. The molecule has 5 aliphatic carbocycles. The van der Waals surface area contributed by atoms with Crippen LogP contribution < -0.4 is 4.90 Å². The lowest BCUT2D eigenvalue weighted by molar-refractivity contribution is -0.0399. The largest absolute Gasteiger partial charge is 0.310 e. The predicted molar refractivity (Wildman–Crippen MR) is 170 cm³/mol. The van der Waals surface area contributed by atoms with Crippen LogP contribution in [0.25, 0.3) is 22.3 Å². The van der Waals surface area contributed by atoms with E-state index in [1.54, 1.807) is 11.1 Å². The minimum Gasteiger partial charge on any atom is -0.310 e. The molecule has 41 heavy (non-hydrogen) atoms. The molecule has 0 aliphatic heterocycles. The van der Waals surface area contributed by atoms with Gasteiger partial charge in [0.1, 0.15) is 0 Å². The van der Waals surface area contributed by atoms with Crippen molar-refractivity contribution in [3.63, 3.8) is 0 Å². The van der Waals surface area contributed by atoms with Gasteiger partial charge in [-0.1, -0.05) is 91.0 Å². The molecule has 0 N–H and O–H groups in total. The molecule has 0 unspecified atom stereocenters. The topological polar surface area (TPSA) is 3.24 Å². The zero-order valence-corrected chi connectivity index (χ0v) is 23.4. The molecule has 4 fully saturated rings. The Morgan fingerprint density at radius 3 is 1.78 bits per heavy atom. The molecular formula is C40H35N. The summed E-state index contributed by atoms with van der Waals surface area (Å²) >= 11 is 0. The van der Waals surface area contributed by atoms with Gasteiger partial charge in [0, 0.05) is 22.5 Å². The quantitative estimate of drug-likeness (QED) is 0.224. The minimum absolute atomic E-state index is 0.211.